The van der Waals surface area contributed by atoms with Crippen LogP contribution in [0.4, 0.5) is 5.69 Å². The van der Waals surface area contributed by atoms with Crippen molar-refractivity contribution in [1.29, 1.82) is 0 Å². The number of nitrogens with zero attached hydrogens (tertiary/aromatic N) is 1. The Kier molecular flexibility index (Phi) is 5.31. The number of para-hydroxylation sites is 1. The molecule has 3 aromatic rings. The van der Waals surface area contributed by atoms with Crippen LogP contribution >= 0.6 is 0 Å². The summed E-state index contributed by atoms with van der Waals surface area (Å²) >= 11 is 0. The highest BCUT2D eigenvalue weighted by atomic mass is 16.2. The molecular weight excluding hydrogens is 340 g/mol. The average molecular weight is 360 g/mol. The van der Waals surface area contributed by atoms with Crippen molar-refractivity contribution in [3.63, 3.8) is 0 Å². The zero-order valence-corrected chi connectivity index (χ0v) is 15.2. The third-order valence-electron chi connectivity index (χ3n) is 4.29. The molecular formula is C22H20N2O3. The lowest BCUT2D eigenvalue weighted by atomic mass is 10.1. The summed E-state index contributed by atoms with van der Waals surface area (Å²) < 4.78 is 1.50. The van der Waals surface area contributed by atoms with Gasteiger partial charge in [0.2, 0.25) is 0 Å². The van der Waals surface area contributed by atoms with Crippen LogP contribution in [-0.4, -0.2) is 16.3 Å². The zero-order chi connectivity index (χ0) is 19.4. The molecule has 0 unspecified atom stereocenters. The average Bonchev–Trinajstić information content (AvgIpc) is 2.65. The van der Waals surface area contributed by atoms with Crippen molar-refractivity contribution in [2.45, 2.75) is 20.4 Å². The first-order valence-corrected chi connectivity index (χ1v) is 8.62. The van der Waals surface area contributed by atoms with Gasteiger partial charge < -0.3 is 9.88 Å². The number of hydrogen-bond acceptors (Lipinski definition) is 3. The number of aryl methyl sites for hydroxylation is 1. The van der Waals surface area contributed by atoms with E-state index in [0.717, 1.165) is 11.1 Å². The number of amides is 1. The predicted molar refractivity (Wildman–Crippen MR) is 105 cm³/mol. The number of rotatable bonds is 5. The van der Waals surface area contributed by atoms with Gasteiger partial charge in [0.05, 0.1) is 12.2 Å². The molecule has 0 fully saturated rings. The van der Waals surface area contributed by atoms with E-state index in [1.807, 2.05) is 31.2 Å². The molecule has 5 nitrogen and oxygen atoms in total. The van der Waals surface area contributed by atoms with Crippen LogP contribution in [-0.2, 0) is 6.54 Å². The minimum atomic E-state index is -0.535. The predicted octanol–water partition coefficient (Wildman–Crippen LogP) is 3.66. The van der Waals surface area contributed by atoms with E-state index in [2.05, 4.69) is 5.32 Å². The first kappa shape index (κ1) is 18.3. The van der Waals surface area contributed by atoms with E-state index in [9.17, 15) is 14.4 Å². The second-order valence-corrected chi connectivity index (χ2v) is 6.40. The highest BCUT2D eigenvalue weighted by Crippen LogP contribution is 2.16. The molecule has 0 bridgehead atoms. The summed E-state index contributed by atoms with van der Waals surface area (Å²) in [6.07, 6.45) is 1.66. The van der Waals surface area contributed by atoms with Crippen molar-refractivity contribution in [3.8, 4) is 0 Å². The van der Waals surface area contributed by atoms with Gasteiger partial charge in [-0.1, -0.05) is 42.0 Å². The number of carbonyl (C=O) groups excluding carboxylic acids is 2. The van der Waals surface area contributed by atoms with Crippen LogP contribution in [0.3, 0.4) is 0 Å². The molecule has 1 N–H and O–H groups in total. The summed E-state index contributed by atoms with van der Waals surface area (Å²) in [6, 6.07) is 17.8. The van der Waals surface area contributed by atoms with Gasteiger partial charge in [-0.3, -0.25) is 14.4 Å². The molecule has 3 rings (SSSR count). The van der Waals surface area contributed by atoms with Crippen molar-refractivity contribution in [3.05, 3.63) is 99.5 Å². The first-order valence-electron chi connectivity index (χ1n) is 8.62. The standard InChI is InChI=1S/C22H20N2O3/c1-15-9-11-17(12-10-15)14-24-13-5-7-19(22(24)27)21(26)23-20-8-4-3-6-18(20)16(2)25/h3-13H,14H2,1-2H3,(H,23,26). The molecule has 1 aromatic heterocycles. The Balaban J connectivity index is 1.87. The molecule has 0 spiro atoms. The van der Waals surface area contributed by atoms with Crippen LogP contribution in [0.25, 0.3) is 0 Å². The van der Waals surface area contributed by atoms with Crippen molar-refractivity contribution in [1.82, 2.24) is 4.57 Å². The molecule has 0 aliphatic heterocycles. The molecule has 136 valence electrons. The number of benzene rings is 2. The van der Waals surface area contributed by atoms with Gasteiger partial charge in [0.15, 0.2) is 5.78 Å². The van der Waals surface area contributed by atoms with Gasteiger partial charge in [0.1, 0.15) is 5.56 Å². The molecule has 5 heteroatoms. The number of anilines is 1. The number of carbonyl (C=O) groups is 2. The first-order chi connectivity index (χ1) is 13.0. The minimum absolute atomic E-state index is 0.0305. The summed E-state index contributed by atoms with van der Waals surface area (Å²) in [5.74, 6) is -0.692. The fourth-order valence-corrected chi connectivity index (χ4v) is 2.81. The van der Waals surface area contributed by atoms with Gasteiger partial charge in [-0.25, -0.2) is 0 Å². The minimum Gasteiger partial charge on any atom is -0.321 e. The lowest BCUT2D eigenvalue weighted by molar-refractivity contribution is 0.101. The van der Waals surface area contributed by atoms with Crippen molar-refractivity contribution in [2.75, 3.05) is 5.32 Å². The molecule has 0 saturated carbocycles. The third-order valence-corrected chi connectivity index (χ3v) is 4.29. The Bertz CT molecular complexity index is 1050. The normalized spacial score (nSPS) is 10.4. The molecule has 1 amide bonds. The van der Waals surface area contributed by atoms with Gasteiger partial charge in [-0.05, 0) is 43.7 Å². The van der Waals surface area contributed by atoms with Gasteiger partial charge in [-0.15, -0.1) is 0 Å². The zero-order valence-electron chi connectivity index (χ0n) is 15.2. The lowest BCUT2D eigenvalue weighted by Crippen LogP contribution is -2.29. The van der Waals surface area contributed by atoms with E-state index in [1.54, 1.807) is 36.5 Å². The lowest BCUT2D eigenvalue weighted by Gasteiger charge is -2.11. The monoisotopic (exact) mass is 360 g/mol. The fraction of sp³-hybridized carbons (Fsp3) is 0.136. The molecule has 27 heavy (non-hydrogen) atoms. The maximum absolute atomic E-state index is 12.7. The SMILES string of the molecule is CC(=O)c1ccccc1NC(=O)c1cccn(Cc2ccc(C)cc2)c1=O. The van der Waals surface area contributed by atoms with E-state index >= 15 is 0 Å². The third kappa shape index (κ3) is 4.20. The van der Waals surface area contributed by atoms with Gasteiger partial charge in [0, 0.05) is 11.8 Å². The van der Waals surface area contributed by atoms with Gasteiger partial charge in [0.25, 0.3) is 11.5 Å². The molecule has 0 saturated heterocycles. The Morgan fingerprint density at radius 3 is 2.30 bits per heavy atom. The van der Waals surface area contributed by atoms with Crippen LogP contribution < -0.4 is 10.9 Å². The number of hydrogen-bond donors (Lipinski definition) is 1. The summed E-state index contributed by atoms with van der Waals surface area (Å²) in [7, 11) is 0. The summed E-state index contributed by atoms with van der Waals surface area (Å²) in [6.45, 7) is 3.81. The second kappa shape index (κ2) is 7.83. The summed E-state index contributed by atoms with van der Waals surface area (Å²) in [5, 5.41) is 2.67. The Morgan fingerprint density at radius 2 is 1.59 bits per heavy atom. The van der Waals surface area contributed by atoms with E-state index in [0.29, 0.717) is 17.8 Å². The Morgan fingerprint density at radius 1 is 0.926 bits per heavy atom. The number of pyridine rings is 1. The molecule has 2 aromatic carbocycles. The number of Topliss-reactive ketones (excluding diaryl/α,β-unsaturated/α-hetero) is 1. The number of ketones is 1. The summed E-state index contributed by atoms with van der Waals surface area (Å²) in [4.78, 5) is 37.1. The quantitative estimate of drug-likeness (QED) is 0.706. The van der Waals surface area contributed by atoms with Crippen LogP contribution in [0, 0.1) is 6.92 Å². The van der Waals surface area contributed by atoms with Crippen LogP contribution in [0.15, 0.2) is 71.7 Å². The molecule has 0 aliphatic rings. The van der Waals surface area contributed by atoms with Crippen molar-refractivity contribution < 1.29 is 9.59 Å². The molecule has 0 atom stereocenters. The Hall–Kier alpha value is -3.47. The van der Waals surface area contributed by atoms with Gasteiger partial charge in [-0.2, -0.15) is 0 Å². The van der Waals surface area contributed by atoms with E-state index in [-0.39, 0.29) is 16.9 Å². The van der Waals surface area contributed by atoms with Crippen LogP contribution in [0.2, 0.25) is 0 Å². The maximum atomic E-state index is 12.7. The number of nitrogens with one attached hydrogen (secondary N) is 1. The maximum Gasteiger partial charge on any atom is 0.263 e. The highest BCUT2D eigenvalue weighted by molar-refractivity contribution is 6.08. The van der Waals surface area contributed by atoms with E-state index in [4.69, 9.17) is 0 Å². The largest absolute Gasteiger partial charge is 0.321 e. The van der Waals surface area contributed by atoms with E-state index in [1.165, 1.54) is 17.6 Å². The summed E-state index contributed by atoms with van der Waals surface area (Å²) in [5.41, 5.74) is 2.56. The number of aromatic nitrogens is 1. The van der Waals surface area contributed by atoms with Crippen LogP contribution in [0.1, 0.15) is 38.8 Å². The molecule has 0 radical (unpaired) electrons. The van der Waals surface area contributed by atoms with Crippen molar-refractivity contribution >= 4 is 17.4 Å². The van der Waals surface area contributed by atoms with Gasteiger partial charge >= 0.3 is 0 Å². The fourth-order valence-electron chi connectivity index (χ4n) is 2.81. The molecule has 0 aliphatic carbocycles. The van der Waals surface area contributed by atoms with Crippen LogP contribution in [0.5, 0.6) is 0 Å². The van der Waals surface area contributed by atoms with E-state index < -0.39 is 5.91 Å². The Labute approximate surface area is 157 Å². The van der Waals surface area contributed by atoms with Crippen molar-refractivity contribution in [2.24, 2.45) is 0 Å². The second-order valence-electron chi connectivity index (χ2n) is 6.40. The smallest absolute Gasteiger partial charge is 0.263 e. The highest BCUT2D eigenvalue weighted by Gasteiger charge is 2.15. The topological polar surface area (TPSA) is 68.2 Å². The molecule has 1 heterocycles.